The van der Waals surface area contributed by atoms with Crippen LogP contribution in [0.3, 0.4) is 0 Å². The van der Waals surface area contributed by atoms with Crippen molar-refractivity contribution in [3.05, 3.63) is 23.3 Å². The molecule has 2 amide bonds. The van der Waals surface area contributed by atoms with Gasteiger partial charge in [0.15, 0.2) is 0 Å². The molecule has 6 heteroatoms. The molecule has 6 nitrogen and oxygen atoms in total. The van der Waals surface area contributed by atoms with E-state index in [1.807, 2.05) is 26.0 Å². The first-order valence-corrected chi connectivity index (χ1v) is 7.22. The number of methoxy groups -OCH3 is 1. The van der Waals surface area contributed by atoms with E-state index in [4.69, 9.17) is 4.74 Å². The van der Waals surface area contributed by atoms with Crippen molar-refractivity contribution in [3.8, 4) is 5.75 Å². The summed E-state index contributed by atoms with van der Waals surface area (Å²) in [6.07, 6.45) is 0.464. The number of carbonyl (C=O) groups is 2. The molecule has 120 valence electrons. The maximum absolute atomic E-state index is 12.3. The van der Waals surface area contributed by atoms with Crippen molar-refractivity contribution in [1.82, 2.24) is 4.90 Å². The first kappa shape index (κ1) is 16.1. The van der Waals surface area contributed by atoms with Crippen molar-refractivity contribution in [2.75, 3.05) is 25.5 Å². The highest BCUT2D eigenvalue weighted by Crippen LogP contribution is 2.32. The van der Waals surface area contributed by atoms with E-state index in [1.54, 1.807) is 18.9 Å². The molecule has 1 fully saturated rings. The number of anilines is 1. The molecule has 0 aromatic heterocycles. The number of likely N-dealkylation sites (tertiary alicyclic amines) is 1. The van der Waals surface area contributed by atoms with Gasteiger partial charge in [-0.1, -0.05) is 6.07 Å². The van der Waals surface area contributed by atoms with Crippen LogP contribution in [0.1, 0.15) is 24.5 Å². The monoisotopic (exact) mass is 306 g/mol. The average molecular weight is 306 g/mol. The number of hydrogen-bond acceptors (Lipinski definition) is 3. The predicted octanol–water partition coefficient (Wildman–Crippen LogP) is 2.64. The third-order valence-corrected chi connectivity index (χ3v) is 4.33. The molecule has 1 saturated heterocycles. The summed E-state index contributed by atoms with van der Waals surface area (Å²) < 4.78 is 5.35. The van der Waals surface area contributed by atoms with Gasteiger partial charge in [0, 0.05) is 24.3 Å². The summed E-state index contributed by atoms with van der Waals surface area (Å²) in [6, 6.07) is 3.43. The lowest BCUT2D eigenvalue weighted by Gasteiger charge is -2.21. The Labute approximate surface area is 130 Å². The number of hydrogen-bond donors (Lipinski definition) is 2. The number of carbonyl (C=O) groups excluding carboxylic acids is 1. The molecule has 1 aliphatic rings. The highest BCUT2D eigenvalue weighted by Gasteiger charge is 2.42. The first-order chi connectivity index (χ1) is 10.3. The molecule has 0 aliphatic carbocycles. The number of nitrogens with one attached hydrogen (secondary N) is 1. The zero-order valence-corrected chi connectivity index (χ0v) is 13.4. The van der Waals surface area contributed by atoms with E-state index in [1.165, 1.54) is 0 Å². The molecule has 1 aromatic rings. The minimum atomic E-state index is -0.865. The number of ether oxygens (including phenoxy) is 1. The Morgan fingerprint density at radius 3 is 2.59 bits per heavy atom. The van der Waals surface area contributed by atoms with Crippen molar-refractivity contribution in [3.63, 3.8) is 0 Å². The summed E-state index contributed by atoms with van der Waals surface area (Å²) in [6.45, 7) is 6.15. The molecule has 0 saturated carbocycles. The highest BCUT2D eigenvalue weighted by molar-refractivity contribution is 5.91. The summed E-state index contributed by atoms with van der Waals surface area (Å²) in [5.41, 5.74) is 1.67. The number of aliphatic carboxylic acids is 1. The lowest BCUT2D eigenvalue weighted by Crippen LogP contribution is -2.37. The number of carboxylic acid groups (broad SMARTS) is 1. The standard InChI is InChI=1S/C16H22N2O4/c1-10-5-6-12(11(2)13(10)22-4)17-15(21)18-8-7-16(3,9-18)14(19)20/h5-6H,7-9H2,1-4H3,(H,17,21)(H,19,20). The summed E-state index contributed by atoms with van der Waals surface area (Å²) in [7, 11) is 1.60. The molecule has 1 aliphatic heterocycles. The molecule has 1 heterocycles. The van der Waals surface area contributed by atoms with Crippen LogP contribution < -0.4 is 10.1 Å². The van der Waals surface area contributed by atoms with E-state index in [0.29, 0.717) is 18.7 Å². The minimum absolute atomic E-state index is 0.218. The number of rotatable bonds is 3. The van der Waals surface area contributed by atoms with E-state index in [-0.39, 0.29) is 12.6 Å². The van der Waals surface area contributed by atoms with Crippen LogP contribution in [0.5, 0.6) is 5.75 Å². The maximum atomic E-state index is 12.3. The Hall–Kier alpha value is -2.24. The second kappa shape index (κ2) is 5.87. The quantitative estimate of drug-likeness (QED) is 0.900. The van der Waals surface area contributed by atoms with E-state index in [2.05, 4.69) is 5.32 Å². The van der Waals surface area contributed by atoms with Crippen LogP contribution in [0.15, 0.2) is 12.1 Å². The molecule has 2 N–H and O–H groups in total. The number of amides is 2. The average Bonchev–Trinajstić information content (AvgIpc) is 2.87. The lowest BCUT2D eigenvalue weighted by atomic mass is 9.90. The molecule has 1 unspecified atom stereocenters. The molecule has 0 bridgehead atoms. The number of urea groups is 1. The van der Waals surface area contributed by atoms with Gasteiger partial charge in [-0.3, -0.25) is 4.79 Å². The van der Waals surface area contributed by atoms with E-state index < -0.39 is 11.4 Å². The fraction of sp³-hybridized carbons (Fsp3) is 0.500. The Kier molecular flexibility index (Phi) is 4.30. The number of nitrogens with zero attached hydrogens (tertiary/aromatic N) is 1. The second-order valence-electron chi connectivity index (χ2n) is 6.06. The maximum Gasteiger partial charge on any atom is 0.321 e. The van der Waals surface area contributed by atoms with Crippen LogP contribution in [0.2, 0.25) is 0 Å². The van der Waals surface area contributed by atoms with E-state index in [0.717, 1.165) is 16.9 Å². The largest absolute Gasteiger partial charge is 0.496 e. The minimum Gasteiger partial charge on any atom is -0.496 e. The molecule has 1 atom stereocenters. The number of carboxylic acids is 1. The van der Waals surface area contributed by atoms with Gasteiger partial charge in [-0.05, 0) is 38.8 Å². The Morgan fingerprint density at radius 1 is 1.36 bits per heavy atom. The molecule has 2 rings (SSSR count). The number of benzene rings is 1. The lowest BCUT2D eigenvalue weighted by molar-refractivity contribution is -0.146. The second-order valence-corrected chi connectivity index (χ2v) is 6.06. The summed E-state index contributed by atoms with van der Waals surface area (Å²) >= 11 is 0. The van der Waals surface area contributed by atoms with Gasteiger partial charge in [0.2, 0.25) is 0 Å². The van der Waals surface area contributed by atoms with Gasteiger partial charge in [0.05, 0.1) is 12.5 Å². The van der Waals surface area contributed by atoms with Crippen molar-refractivity contribution in [1.29, 1.82) is 0 Å². The molecule has 22 heavy (non-hydrogen) atoms. The number of aryl methyl sites for hydroxylation is 1. The van der Waals surface area contributed by atoms with Crippen molar-refractivity contribution < 1.29 is 19.4 Å². The summed E-state index contributed by atoms with van der Waals surface area (Å²) in [5.74, 6) is -0.120. The topological polar surface area (TPSA) is 78.9 Å². The van der Waals surface area contributed by atoms with E-state index >= 15 is 0 Å². The van der Waals surface area contributed by atoms with Crippen LogP contribution in [-0.4, -0.2) is 42.2 Å². The fourth-order valence-electron chi connectivity index (χ4n) is 2.78. The third kappa shape index (κ3) is 2.86. The Balaban J connectivity index is 2.12. The Bertz CT molecular complexity index is 614. The fourth-order valence-corrected chi connectivity index (χ4v) is 2.78. The van der Waals surface area contributed by atoms with Crippen LogP contribution in [0, 0.1) is 19.3 Å². The summed E-state index contributed by atoms with van der Waals surface area (Å²) in [5, 5.41) is 12.1. The third-order valence-electron chi connectivity index (χ3n) is 4.33. The van der Waals surface area contributed by atoms with Crippen molar-refractivity contribution in [2.45, 2.75) is 27.2 Å². The van der Waals surface area contributed by atoms with Crippen LogP contribution in [0.25, 0.3) is 0 Å². The Morgan fingerprint density at radius 2 is 2.05 bits per heavy atom. The zero-order chi connectivity index (χ0) is 16.5. The van der Waals surface area contributed by atoms with Gasteiger partial charge in [0.1, 0.15) is 5.75 Å². The molecule has 1 aromatic carbocycles. The molecular formula is C16H22N2O4. The highest BCUT2D eigenvalue weighted by atomic mass is 16.5. The van der Waals surface area contributed by atoms with Gasteiger partial charge in [-0.2, -0.15) is 0 Å². The molecular weight excluding hydrogens is 284 g/mol. The van der Waals surface area contributed by atoms with E-state index in [9.17, 15) is 14.7 Å². The van der Waals surface area contributed by atoms with Gasteiger partial charge >= 0.3 is 12.0 Å². The summed E-state index contributed by atoms with van der Waals surface area (Å²) in [4.78, 5) is 25.1. The van der Waals surface area contributed by atoms with Crippen LogP contribution >= 0.6 is 0 Å². The molecule has 0 spiro atoms. The first-order valence-electron chi connectivity index (χ1n) is 7.22. The van der Waals surface area contributed by atoms with Crippen LogP contribution in [0.4, 0.5) is 10.5 Å². The normalized spacial score (nSPS) is 20.8. The van der Waals surface area contributed by atoms with Gasteiger partial charge in [-0.15, -0.1) is 0 Å². The predicted molar refractivity (Wildman–Crippen MR) is 83.4 cm³/mol. The van der Waals surface area contributed by atoms with Gasteiger partial charge in [0.25, 0.3) is 0 Å². The zero-order valence-electron chi connectivity index (χ0n) is 13.4. The van der Waals surface area contributed by atoms with Gasteiger partial charge < -0.3 is 20.1 Å². The van der Waals surface area contributed by atoms with Crippen molar-refractivity contribution >= 4 is 17.7 Å². The SMILES string of the molecule is COc1c(C)ccc(NC(=O)N2CCC(C)(C(=O)O)C2)c1C. The smallest absolute Gasteiger partial charge is 0.321 e. The van der Waals surface area contributed by atoms with Crippen LogP contribution in [-0.2, 0) is 4.79 Å². The van der Waals surface area contributed by atoms with Gasteiger partial charge in [-0.25, -0.2) is 4.79 Å². The molecule has 0 radical (unpaired) electrons. The van der Waals surface area contributed by atoms with Crippen molar-refractivity contribution in [2.24, 2.45) is 5.41 Å².